The number of nitrogens with one attached hydrogen (secondary N) is 1. The third-order valence-corrected chi connectivity index (χ3v) is 7.66. The van der Waals surface area contributed by atoms with Crippen LogP contribution >= 0.6 is 0 Å². The van der Waals surface area contributed by atoms with E-state index in [1.807, 2.05) is 0 Å². The van der Waals surface area contributed by atoms with E-state index in [4.69, 9.17) is 0 Å². The van der Waals surface area contributed by atoms with E-state index in [2.05, 4.69) is 10.2 Å². The Morgan fingerprint density at radius 2 is 2.00 bits per heavy atom. The van der Waals surface area contributed by atoms with Crippen molar-refractivity contribution in [1.29, 1.82) is 0 Å². The molecule has 148 valence electrons. The number of rotatable bonds is 5. The van der Waals surface area contributed by atoms with Crippen LogP contribution in [-0.4, -0.2) is 61.8 Å². The molecule has 0 aromatic heterocycles. The number of sulfonamides is 1. The predicted molar refractivity (Wildman–Crippen MR) is 99.0 cm³/mol. The number of likely N-dealkylation sites (tertiary alicyclic amines) is 1. The van der Waals surface area contributed by atoms with Crippen LogP contribution in [0.3, 0.4) is 0 Å². The topological polar surface area (TPSA) is 69.7 Å². The van der Waals surface area contributed by atoms with Gasteiger partial charge in [-0.25, -0.2) is 12.8 Å². The standard InChI is InChI=1S/C19H26FN3O3S/c20-15-5-3-6-17(10-15)27(25,26)23-11-14-4-1-2-9-22(18(14)12-23)13-19(24)21-16-7-8-16/h3,5-6,10,14,16,18H,1-2,4,7-9,11-13H2,(H,21,24)/t14-,18+/m0/s1. The number of halogens is 1. The van der Waals surface area contributed by atoms with Crippen molar-refractivity contribution in [2.45, 2.75) is 49.1 Å². The third-order valence-electron chi connectivity index (χ3n) is 5.84. The fourth-order valence-electron chi connectivity index (χ4n) is 4.25. The van der Waals surface area contributed by atoms with E-state index >= 15 is 0 Å². The Hall–Kier alpha value is -1.51. The van der Waals surface area contributed by atoms with Crippen molar-refractivity contribution in [3.8, 4) is 0 Å². The van der Waals surface area contributed by atoms with Crippen LogP contribution < -0.4 is 5.32 Å². The highest BCUT2D eigenvalue weighted by Gasteiger charge is 2.43. The predicted octanol–water partition coefficient (Wildman–Crippen LogP) is 1.58. The van der Waals surface area contributed by atoms with E-state index in [0.717, 1.165) is 44.7 Å². The summed E-state index contributed by atoms with van der Waals surface area (Å²) in [7, 11) is -3.73. The lowest BCUT2D eigenvalue weighted by atomic mass is 9.98. The lowest BCUT2D eigenvalue weighted by Crippen LogP contribution is -2.46. The molecule has 1 aromatic carbocycles. The van der Waals surface area contributed by atoms with Crippen molar-refractivity contribution in [3.63, 3.8) is 0 Å². The first-order chi connectivity index (χ1) is 12.9. The second kappa shape index (κ2) is 7.48. The molecular weight excluding hydrogens is 369 g/mol. The molecule has 27 heavy (non-hydrogen) atoms. The molecule has 1 aliphatic carbocycles. The van der Waals surface area contributed by atoms with E-state index in [-0.39, 0.29) is 22.8 Å². The van der Waals surface area contributed by atoms with Crippen molar-refractivity contribution in [2.24, 2.45) is 5.92 Å². The maximum Gasteiger partial charge on any atom is 0.243 e. The molecule has 3 fully saturated rings. The number of carbonyl (C=O) groups excluding carboxylic acids is 1. The van der Waals surface area contributed by atoms with Crippen LogP contribution in [-0.2, 0) is 14.8 Å². The summed E-state index contributed by atoms with van der Waals surface area (Å²) in [4.78, 5) is 14.4. The van der Waals surface area contributed by atoms with Gasteiger partial charge in [-0.05, 0) is 56.3 Å². The molecule has 1 aromatic rings. The summed E-state index contributed by atoms with van der Waals surface area (Å²) in [5.74, 6) is -0.308. The minimum absolute atomic E-state index is 0.00279. The Kier molecular flexibility index (Phi) is 5.22. The summed E-state index contributed by atoms with van der Waals surface area (Å²) in [5.41, 5.74) is 0. The minimum atomic E-state index is -3.73. The van der Waals surface area contributed by atoms with E-state index < -0.39 is 15.8 Å². The molecular formula is C19H26FN3O3S. The van der Waals surface area contributed by atoms with Gasteiger partial charge in [0.05, 0.1) is 11.4 Å². The largest absolute Gasteiger partial charge is 0.352 e. The molecule has 0 spiro atoms. The molecule has 4 rings (SSSR count). The Morgan fingerprint density at radius 3 is 2.74 bits per heavy atom. The number of nitrogens with zero attached hydrogens (tertiary/aromatic N) is 2. The molecule has 6 nitrogen and oxygen atoms in total. The van der Waals surface area contributed by atoms with Crippen LogP contribution in [0.1, 0.15) is 32.1 Å². The van der Waals surface area contributed by atoms with E-state index in [1.54, 1.807) is 0 Å². The lowest BCUT2D eigenvalue weighted by Gasteiger charge is -2.29. The van der Waals surface area contributed by atoms with Gasteiger partial charge >= 0.3 is 0 Å². The van der Waals surface area contributed by atoms with Crippen LogP contribution in [0.2, 0.25) is 0 Å². The maximum absolute atomic E-state index is 13.5. The van der Waals surface area contributed by atoms with Crippen molar-refractivity contribution in [1.82, 2.24) is 14.5 Å². The average Bonchev–Trinajstić information content (AvgIpc) is 3.36. The second-order valence-electron chi connectivity index (χ2n) is 7.91. The average molecular weight is 396 g/mol. The molecule has 2 aliphatic heterocycles. The summed E-state index contributed by atoms with van der Waals surface area (Å²) >= 11 is 0. The summed E-state index contributed by atoms with van der Waals surface area (Å²) in [5, 5.41) is 3.02. The molecule has 0 unspecified atom stereocenters. The molecule has 8 heteroatoms. The first kappa shape index (κ1) is 18.8. The molecule has 3 aliphatic rings. The monoisotopic (exact) mass is 395 g/mol. The second-order valence-corrected chi connectivity index (χ2v) is 9.85. The summed E-state index contributed by atoms with van der Waals surface area (Å²) in [6.07, 6.45) is 5.13. The Balaban J connectivity index is 1.49. The van der Waals surface area contributed by atoms with Gasteiger partial charge in [0.2, 0.25) is 15.9 Å². The van der Waals surface area contributed by atoms with Gasteiger partial charge in [0.15, 0.2) is 0 Å². The number of hydrogen-bond acceptors (Lipinski definition) is 4. The van der Waals surface area contributed by atoms with Crippen molar-refractivity contribution >= 4 is 15.9 Å². The Morgan fingerprint density at radius 1 is 1.19 bits per heavy atom. The van der Waals surface area contributed by atoms with E-state index in [9.17, 15) is 17.6 Å². The van der Waals surface area contributed by atoms with Gasteiger partial charge in [-0.1, -0.05) is 12.5 Å². The number of amides is 1. The number of fused-ring (bicyclic) bond motifs is 1. The maximum atomic E-state index is 13.5. The van der Waals surface area contributed by atoms with E-state index in [0.29, 0.717) is 25.7 Å². The van der Waals surface area contributed by atoms with Crippen LogP contribution in [0.15, 0.2) is 29.2 Å². The van der Waals surface area contributed by atoms with Gasteiger partial charge in [0, 0.05) is 25.2 Å². The molecule has 0 radical (unpaired) electrons. The molecule has 2 saturated heterocycles. The Bertz CT molecular complexity index is 812. The molecule has 2 heterocycles. The van der Waals surface area contributed by atoms with Crippen LogP contribution in [0.25, 0.3) is 0 Å². The highest BCUT2D eigenvalue weighted by molar-refractivity contribution is 7.89. The van der Waals surface area contributed by atoms with Crippen LogP contribution in [0.4, 0.5) is 4.39 Å². The van der Waals surface area contributed by atoms with Gasteiger partial charge in [-0.3, -0.25) is 9.69 Å². The highest BCUT2D eigenvalue weighted by Crippen LogP contribution is 2.33. The first-order valence-electron chi connectivity index (χ1n) is 9.72. The van der Waals surface area contributed by atoms with Gasteiger partial charge in [0.25, 0.3) is 0 Å². The molecule has 1 amide bonds. The van der Waals surface area contributed by atoms with Gasteiger partial charge in [0.1, 0.15) is 5.82 Å². The zero-order valence-electron chi connectivity index (χ0n) is 15.3. The van der Waals surface area contributed by atoms with Gasteiger partial charge in [-0.2, -0.15) is 4.31 Å². The fourth-order valence-corrected chi connectivity index (χ4v) is 5.80. The van der Waals surface area contributed by atoms with Gasteiger partial charge < -0.3 is 5.32 Å². The highest BCUT2D eigenvalue weighted by atomic mass is 32.2. The minimum Gasteiger partial charge on any atom is -0.352 e. The summed E-state index contributed by atoms with van der Waals surface area (Å²) in [6.45, 7) is 1.93. The summed E-state index contributed by atoms with van der Waals surface area (Å²) < 4.78 is 40.9. The SMILES string of the molecule is O=C(CN1CCCC[C@H]2CN(S(=O)(=O)c3cccc(F)c3)C[C@H]21)NC1CC1. The van der Waals surface area contributed by atoms with E-state index in [1.165, 1.54) is 22.5 Å². The normalized spacial score (nSPS) is 27.1. The number of carbonyl (C=O) groups is 1. The lowest BCUT2D eigenvalue weighted by molar-refractivity contribution is -0.123. The van der Waals surface area contributed by atoms with Crippen molar-refractivity contribution in [2.75, 3.05) is 26.2 Å². The van der Waals surface area contributed by atoms with Gasteiger partial charge in [-0.15, -0.1) is 0 Å². The smallest absolute Gasteiger partial charge is 0.243 e. The molecule has 1 N–H and O–H groups in total. The molecule has 2 atom stereocenters. The Labute approximate surface area is 159 Å². The van der Waals surface area contributed by atoms with Crippen molar-refractivity contribution < 1.29 is 17.6 Å². The molecule has 1 saturated carbocycles. The number of hydrogen-bond donors (Lipinski definition) is 1. The quantitative estimate of drug-likeness (QED) is 0.822. The molecule has 0 bridgehead atoms. The van der Waals surface area contributed by atoms with Crippen LogP contribution in [0.5, 0.6) is 0 Å². The zero-order chi connectivity index (χ0) is 19.0. The van der Waals surface area contributed by atoms with Crippen molar-refractivity contribution in [3.05, 3.63) is 30.1 Å². The third kappa shape index (κ3) is 4.17. The fraction of sp³-hybridized carbons (Fsp3) is 0.632. The zero-order valence-corrected chi connectivity index (χ0v) is 16.1. The van der Waals surface area contributed by atoms with Crippen LogP contribution in [0, 0.1) is 11.7 Å². The number of benzene rings is 1. The first-order valence-corrected chi connectivity index (χ1v) is 11.2. The summed E-state index contributed by atoms with van der Waals surface area (Å²) in [6, 6.07) is 5.55.